The molecule has 1 amide bonds. The average molecular weight is 295 g/mol. The van der Waals surface area contributed by atoms with E-state index < -0.39 is 5.97 Å². The molecule has 0 spiro atoms. The van der Waals surface area contributed by atoms with Crippen LogP contribution in [0.5, 0.6) is 0 Å². The summed E-state index contributed by atoms with van der Waals surface area (Å²) in [5.74, 6) is -1.05. The van der Waals surface area contributed by atoms with Gasteiger partial charge in [0.1, 0.15) is 12.2 Å². The zero-order valence-corrected chi connectivity index (χ0v) is 12.3. The van der Waals surface area contributed by atoms with Crippen molar-refractivity contribution >= 4 is 11.9 Å². The summed E-state index contributed by atoms with van der Waals surface area (Å²) in [5.41, 5.74) is 0.460. The van der Waals surface area contributed by atoms with E-state index in [0.29, 0.717) is 5.69 Å². The molecule has 8 nitrogen and oxygen atoms in total. The minimum absolute atomic E-state index is 0.0625. The fourth-order valence-electron chi connectivity index (χ4n) is 2.57. The summed E-state index contributed by atoms with van der Waals surface area (Å²) in [6.07, 6.45) is 3.60. The smallest absolute Gasteiger partial charge is 0.325 e. The molecule has 0 aromatic carbocycles. The van der Waals surface area contributed by atoms with E-state index in [1.54, 1.807) is 0 Å². The van der Waals surface area contributed by atoms with Crippen molar-refractivity contribution in [2.45, 2.75) is 45.8 Å². The molecule has 1 saturated heterocycles. The van der Waals surface area contributed by atoms with Gasteiger partial charge >= 0.3 is 5.97 Å². The van der Waals surface area contributed by atoms with Crippen LogP contribution in [0.1, 0.15) is 32.4 Å². The van der Waals surface area contributed by atoms with Crippen LogP contribution in [-0.2, 0) is 22.7 Å². The molecule has 3 N–H and O–H groups in total. The Labute approximate surface area is 122 Å². The summed E-state index contributed by atoms with van der Waals surface area (Å²) in [4.78, 5) is 22.8. The summed E-state index contributed by atoms with van der Waals surface area (Å²) >= 11 is 0. The summed E-state index contributed by atoms with van der Waals surface area (Å²) < 4.78 is 1.23. The molecule has 8 heteroatoms. The number of aromatic nitrogens is 3. The van der Waals surface area contributed by atoms with Crippen LogP contribution in [0.25, 0.3) is 0 Å². The van der Waals surface area contributed by atoms with Crippen molar-refractivity contribution < 1.29 is 14.7 Å². The van der Waals surface area contributed by atoms with Crippen LogP contribution < -0.4 is 10.6 Å². The molecular weight excluding hydrogens is 274 g/mol. The first kappa shape index (κ1) is 15.4. The highest BCUT2D eigenvalue weighted by molar-refractivity contribution is 5.82. The molecule has 1 fully saturated rings. The monoisotopic (exact) mass is 295 g/mol. The second kappa shape index (κ2) is 6.21. The third-order valence-electron chi connectivity index (χ3n) is 3.72. The molecule has 1 aromatic heterocycles. The molecule has 2 rings (SSSR count). The molecule has 1 aliphatic rings. The Morgan fingerprint density at radius 1 is 1.57 bits per heavy atom. The van der Waals surface area contributed by atoms with Crippen LogP contribution in [0.15, 0.2) is 6.20 Å². The van der Waals surface area contributed by atoms with Gasteiger partial charge in [0.2, 0.25) is 5.91 Å². The van der Waals surface area contributed by atoms with Crippen molar-refractivity contribution in [3.63, 3.8) is 0 Å². The molecule has 1 unspecified atom stereocenters. The van der Waals surface area contributed by atoms with Gasteiger partial charge in [0.15, 0.2) is 0 Å². The molecule has 0 bridgehead atoms. The van der Waals surface area contributed by atoms with Crippen LogP contribution in [0, 0.1) is 5.41 Å². The lowest BCUT2D eigenvalue weighted by molar-refractivity contribution is -0.138. The lowest BCUT2D eigenvalue weighted by atomic mass is 9.77. The number of piperidine rings is 1. The number of rotatable bonds is 5. The van der Waals surface area contributed by atoms with E-state index in [1.807, 2.05) is 0 Å². The van der Waals surface area contributed by atoms with E-state index >= 15 is 0 Å². The van der Waals surface area contributed by atoms with Crippen LogP contribution in [0.3, 0.4) is 0 Å². The molecule has 1 atom stereocenters. The van der Waals surface area contributed by atoms with E-state index in [2.05, 4.69) is 34.8 Å². The number of nitrogens with zero attached hydrogens (tertiary/aromatic N) is 3. The van der Waals surface area contributed by atoms with E-state index in [1.165, 1.54) is 10.9 Å². The standard InChI is InChI=1S/C13H21N5O3/c1-13(2)4-3-5-14-11(13)12(21)15-6-9-7-18(17-16-9)8-10(19)20/h7,11,14H,3-6,8H2,1-2H3,(H,15,21)(H,19,20). The van der Waals surface area contributed by atoms with Crippen LogP contribution in [0.4, 0.5) is 0 Å². The van der Waals surface area contributed by atoms with Crippen molar-refractivity contribution in [2.24, 2.45) is 5.41 Å². The van der Waals surface area contributed by atoms with E-state index in [0.717, 1.165) is 19.4 Å². The zero-order valence-electron chi connectivity index (χ0n) is 12.3. The third kappa shape index (κ3) is 4.01. The Morgan fingerprint density at radius 2 is 2.33 bits per heavy atom. The van der Waals surface area contributed by atoms with E-state index in [4.69, 9.17) is 5.11 Å². The SMILES string of the molecule is CC1(C)CCCNC1C(=O)NCc1cn(CC(=O)O)nn1. The number of nitrogens with one attached hydrogen (secondary N) is 2. The number of carbonyl (C=O) groups is 2. The largest absolute Gasteiger partial charge is 0.480 e. The molecular formula is C13H21N5O3. The van der Waals surface area contributed by atoms with Crippen molar-refractivity contribution in [1.29, 1.82) is 0 Å². The Balaban J connectivity index is 1.88. The lowest BCUT2D eigenvalue weighted by Crippen LogP contribution is -2.55. The van der Waals surface area contributed by atoms with Crippen LogP contribution in [-0.4, -0.2) is 44.6 Å². The summed E-state index contributed by atoms with van der Waals surface area (Å²) in [6, 6.07) is -0.222. The molecule has 116 valence electrons. The Morgan fingerprint density at radius 3 is 3.00 bits per heavy atom. The maximum absolute atomic E-state index is 12.2. The number of carboxylic acid groups (broad SMARTS) is 1. The minimum atomic E-state index is -0.983. The topological polar surface area (TPSA) is 109 Å². The lowest BCUT2D eigenvalue weighted by Gasteiger charge is -2.38. The Bertz CT molecular complexity index is 526. The first-order valence-electron chi connectivity index (χ1n) is 7.00. The third-order valence-corrected chi connectivity index (χ3v) is 3.72. The fraction of sp³-hybridized carbons (Fsp3) is 0.692. The number of hydrogen-bond donors (Lipinski definition) is 3. The quantitative estimate of drug-likeness (QED) is 0.691. The first-order valence-corrected chi connectivity index (χ1v) is 7.00. The highest BCUT2D eigenvalue weighted by Crippen LogP contribution is 2.30. The van der Waals surface area contributed by atoms with Gasteiger partial charge in [-0.15, -0.1) is 5.10 Å². The normalized spacial score (nSPS) is 21.0. The highest BCUT2D eigenvalue weighted by Gasteiger charge is 2.36. The van der Waals surface area contributed by atoms with Crippen molar-refractivity contribution in [2.75, 3.05) is 6.54 Å². The van der Waals surface area contributed by atoms with Crippen molar-refractivity contribution in [1.82, 2.24) is 25.6 Å². The van der Waals surface area contributed by atoms with Gasteiger partial charge in [-0.1, -0.05) is 19.1 Å². The number of carbonyl (C=O) groups excluding carboxylic acids is 1. The van der Waals surface area contributed by atoms with Gasteiger partial charge in [-0.2, -0.15) is 0 Å². The van der Waals surface area contributed by atoms with Crippen LogP contribution in [0.2, 0.25) is 0 Å². The fourth-order valence-corrected chi connectivity index (χ4v) is 2.57. The van der Waals surface area contributed by atoms with Crippen molar-refractivity contribution in [3.8, 4) is 0 Å². The van der Waals surface area contributed by atoms with Gasteiger partial charge < -0.3 is 15.7 Å². The average Bonchev–Trinajstić information content (AvgIpc) is 2.82. The number of hydrogen-bond acceptors (Lipinski definition) is 5. The van der Waals surface area contributed by atoms with Gasteiger partial charge in [0.05, 0.1) is 18.8 Å². The second-order valence-electron chi connectivity index (χ2n) is 6.00. The summed E-state index contributed by atoms with van der Waals surface area (Å²) in [7, 11) is 0. The van der Waals surface area contributed by atoms with Gasteiger partial charge in [0, 0.05) is 0 Å². The van der Waals surface area contributed by atoms with Crippen molar-refractivity contribution in [3.05, 3.63) is 11.9 Å². The van der Waals surface area contributed by atoms with Gasteiger partial charge in [0.25, 0.3) is 0 Å². The molecule has 0 saturated carbocycles. The first-order chi connectivity index (χ1) is 9.88. The Hall–Kier alpha value is -1.96. The molecule has 0 radical (unpaired) electrons. The van der Waals surface area contributed by atoms with Gasteiger partial charge in [-0.25, -0.2) is 4.68 Å². The highest BCUT2D eigenvalue weighted by atomic mass is 16.4. The number of carboxylic acids is 1. The summed E-state index contributed by atoms with van der Waals surface area (Å²) in [6.45, 7) is 5.00. The molecule has 2 heterocycles. The maximum Gasteiger partial charge on any atom is 0.325 e. The zero-order chi connectivity index (χ0) is 15.5. The molecule has 0 aliphatic carbocycles. The Kier molecular flexibility index (Phi) is 4.56. The predicted molar refractivity (Wildman–Crippen MR) is 74.3 cm³/mol. The van der Waals surface area contributed by atoms with Gasteiger partial charge in [-0.05, 0) is 24.8 Å². The number of aliphatic carboxylic acids is 1. The number of amides is 1. The summed E-state index contributed by atoms with van der Waals surface area (Å²) in [5, 5.41) is 22.3. The van der Waals surface area contributed by atoms with Gasteiger partial charge in [-0.3, -0.25) is 9.59 Å². The minimum Gasteiger partial charge on any atom is -0.480 e. The molecule has 21 heavy (non-hydrogen) atoms. The molecule has 1 aliphatic heterocycles. The second-order valence-corrected chi connectivity index (χ2v) is 6.00. The molecule has 1 aromatic rings. The van der Waals surface area contributed by atoms with Crippen LogP contribution >= 0.6 is 0 Å². The van der Waals surface area contributed by atoms with E-state index in [9.17, 15) is 9.59 Å². The maximum atomic E-state index is 12.2. The predicted octanol–water partition coefficient (Wildman–Crippen LogP) is -0.243. The van der Waals surface area contributed by atoms with E-state index in [-0.39, 0.29) is 30.5 Å².